The maximum atomic E-state index is 13.6. The lowest BCUT2D eigenvalue weighted by Gasteiger charge is -2.39. The predicted octanol–water partition coefficient (Wildman–Crippen LogP) is 11.1. The number of carbonyl (C=O) groups excluding carboxylic acids is 2. The summed E-state index contributed by atoms with van der Waals surface area (Å²) in [5.41, 5.74) is 0.406. The molecule has 0 radical (unpaired) electrons. The van der Waals surface area contributed by atoms with Gasteiger partial charge in [0.05, 0.1) is 24.8 Å². The minimum atomic E-state index is -1.22. The Morgan fingerprint density at radius 2 is 1.23 bits per heavy atom. The van der Waals surface area contributed by atoms with Crippen molar-refractivity contribution in [2.75, 3.05) is 13.2 Å². The predicted molar refractivity (Wildman–Crippen MR) is 240 cm³/mol. The van der Waals surface area contributed by atoms with Gasteiger partial charge in [-0.2, -0.15) is 0 Å². The van der Waals surface area contributed by atoms with Crippen LogP contribution in [0.1, 0.15) is 205 Å². The van der Waals surface area contributed by atoms with Gasteiger partial charge in [-0.1, -0.05) is 179 Å². The number of fused-ring (bicyclic) bond motifs is 1. The van der Waals surface area contributed by atoms with Gasteiger partial charge < -0.3 is 39.2 Å². The normalized spacial score (nSPS) is 22.1. The Morgan fingerprint density at radius 1 is 0.733 bits per heavy atom. The van der Waals surface area contributed by atoms with Gasteiger partial charge in [0.15, 0.2) is 12.1 Å². The van der Waals surface area contributed by atoms with Gasteiger partial charge in [0, 0.05) is 6.42 Å². The molecule has 0 spiro atoms. The van der Waals surface area contributed by atoms with Gasteiger partial charge in [-0.05, 0) is 51.3 Å². The molecule has 2 heterocycles. The van der Waals surface area contributed by atoms with Gasteiger partial charge in [-0.3, -0.25) is 4.79 Å². The zero-order valence-corrected chi connectivity index (χ0v) is 38.1. The Morgan fingerprint density at radius 3 is 1.77 bits per heavy atom. The number of carbonyl (C=O) groups is 2. The molecule has 7 atom stereocenters. The van der Waals surface area contributed by atoms with E-state index >= 15 is 0 Å². The Hall–Kier alpha value is -2.34. The second-order valence-electron chi connectivity index (χ2n) is 17.8. The molecule has 0 bridgehead atoms. The van der Waals surface area contributed by atoms with Gasteiger partial charge in [-0.25, -0.2) is 4.79 Å². The van der Waals surface area contributed by atoms with Crippen molar-refractivity contribution in [3.05, 3.63) is 48.0 Å². The minimum Gasteiger partial charge on any atom is -0.452 e. The highest BCUT2D eigenvalue weighted by molar-refractivity contribution is 5.89. The van der Waals surface area contributed by atoms with E-state index in [4.69, 9.17) is 23.7 Å². The van der Waals surface area contributed by atoms with E-state index in [0.29, 0.717) is 12.0 Å². The van der Waals surface area contributed by atoms with Gasteiger partial charge in [0.1, 0.15) is 30.5 Å². The molecule has 1 amide bonds. The second kappa shape index (κ2) is 31.5. The molecule has 2 saturated heterocycles. The molecule has 0 aliphatic carbocycles. The van der Waals surface area contributed by atoms with E-state index in [2.05, 4.69) is 19.2 Å². The highest BCUT2D eigenvalue weighted by Crippen LogP contribution is 2.37. The molecule has 3 rings (SSSR count). The Balaban J connectivity index is 1.60. The van der Waals surface area contributed by atoms with Crippen LogP contribution in [0.2, 0.25) is 0 Å². The fraction of sp³-hybridized carbons (Fsp3) is 0.800. The van der Waals surface area contributed by atoms with Crippen LogP contribution in [-0.2, 0) is 28.5 Å². The summed E-state index contributed by atoms with van der Waals surface area (Å²) >= 11 is 0. The first-order valence-corrected chi connectivity index (χ1v) is 24.3. The third kappa shape index (κ3) is 21.2. The summed E-state index contributed by atoms with van der Waals surface area (Å²) in [5.74, 6) is -1.63. The number of aliphatic hydroxyl groups is 2. The van der Waals surface area contributed by atoms with Gasteiger partial charge in [-0.15, -0.1) is 0 Å². The van der Waals surface area contributed by atoms with E-state index in [1.54, 1.807) is 38.1 Å². The van der Waals surface area contributed by atoms with Crippen LogP contribution in [0.25, 0.3) is 0 Å². The second-order valence-corrected chi connectivity index (χ2v) is 17.8. The molecule has 3 N–H and O–H groups in total. The average molecular weight is 844 g/mol. The third-order valence-corrected chi connectivity index (χ3v) is 11.9. The molecule has 0 unspecified atom stereocenters. The topological polar surface area (TPSA) is 133 Å². The van der Waals surface area contributed by atoms with Crippen molar-refractivity contribution >= 4 is 11.9 Å². The van der Waals surface area contributed by atoms with Crippen molar-refractivity contribution < 1.29 is 43.5 Å². The summed E-state index contributed by atoms with van der Waals surface area (Å²) < 4.78 is 30.3. The first-order valence-electron chi connectivity index (χ1n) is 24.3. The van der Waals surface area contributed by atoms with Crippen molar-refractivity contribution in [2.24, 2.45) is 0 Å². The largest absolute Gasteiger partial charge is 0.452 e. The van der Waals surface area contributed by atoms with Crippen molar-refractivity contribution in [1.82, 2.24) is 5.32 Å². The molecule has 60 heavy (non-hydrogen) atoms. The number of nitrogens with one attached hydrogen (secondary N) is 1. The number of allylic oxidation sites excluding steroid dienone is 1. The lowest BCUT2D eigenvalue weighted by Crippen LogP contribution is -2.59. The van der Waals surface area contributed by atoms with Crippen molar-refractivity contribution in [2.45, 2.75) is 243 Å². The highest BCUT2D eigenvalue weighted by atomic mass is 16.8. The lowest BCUT2D eigenvalue weighted by molar-refractivity contribution is -0.284. The third-order valence-electron chi connectivity index (χ3n) is 11.9. The SMILES string of the molecule is CCCCCCCCCCCCC/C=C/[C@@H](OC(=O)c1ccccc1)[C@H](CO[C@H]1O[C@H](CO)[C@@H]2OC(C)(C)O[C@@H]2[C@H]1O)NC(=O)CCCCCCCCCCCCCCC. The van der Waals surface area contributed by atoms with E-state index in [1.165, 1.54) is 122 Å². The molecule has 1 aromatic carbocycles. The number of hydrogen-bond donors (Lipinski definition) is 3. The van der Waals surface area contributed by atoms with Gasteiger partial charge in [0.2, 0.25) is 5.91 Å². The first kappa shape index (κ1) is 52.0. The van der Waals surface area contributed by atoms with E-state index in [0.717, 1.165) is 38.5 Å². The number of benzene rings is 1. The van der Waals surface area contributed by atoms with E-state index in [1.807, 2.05) is 18.2 Å². The summed E-state index contributed by atoms with van der Waals surface area (Å²) in [6.07, 6.45) is 29.3. The first-order chi connectivity index (χ1) is 29.2. The summed E-state index contributed by atoms with van der Waals surface area (Å²) in [7, 11) is 0. The summed E-state index contributed by atoms with van der Waals surface area (Å²) in [4.78, 5) is 27.0. The van der Waals surface area contributed by atoms with Crippen molar-refractivity contribution in [1.29, 1.82) is 0 Å². The van der Waals surface area contributed by atoms with Crippen LogP contribution >= 0.6 is 0 Å². The summed E-state index contributed by atoms with van der Waals surface area (Å²) in [6.45, 7) is 7.53. The fourth-order valence-electron chi connectivity index (χ4n) is 8.32. The van der Waals surface area contributed by atoms with Crippen molar-refractivity contribution in [3.63, 3.8) is 0 Å². The molecule has 2 aliphatic heterocycles. The number of unbranched alkanes of at least 4 members (excludes halogenated alkanes) is 23. The maximum absolute atomic E-state index is 13.6. The molecular formula is C50H85NO9. The zero-order valence-electron chi connectivity index (χ0n) is 38.1. The average Bonchev–Trinajstić information content (AvgIpc) is 3.58. The monoisotopic (exact) mass is 844 g/mol. The Labute approximate surface area is 364 Å². The lowest BCUT2D eigenvalue weighted by atomic mass is 9.99. The molecule has 0 saturated carbocycles. The quantitative estimate of drug-likeness (QED) is 0.0347. The molecule has 2 fully saturated rings. The number of aliphatic hydroxyl groups excluding tert-OH is 2. The zero-order chi connectivity index (χ0) is 43.3. The Bertz CT molecular complexity index is 1280. The van der Waals surface area contributed by atoms with Crippen LogP contribution in [0.15, 0.2) is 42.5 Å². The molecule has 10 heteroatoms. The number of rotatable bonds is 35. The fourth-order valence-corrected chi connectivity index (χ4v) is 8.32. The molecule has 0 aromatic heterocycles. The van der Waals surface area contributed by atoms with E-state index < -0.39 is 54.6 Å². The smallest absolute Gasteiger partial charge is 0.338 e. The molecular weight excluding hydrogens is 759 g/mol. The molecule has 1 aromatic rings. The van der Waals surface area contributed by atoms with Crippen LogP contribution in [0.4, 0.5) is 0 Å². The number of hydrogen-bond acceptors (Lipinski definition) is 9. The number of amides is 1. The summed E-state index contributed by atoms with van der Waals surface area (Å²) in [6, 6.07) is 8.04. The summed E-state index contributed by atoms with van der Waals surface area (Å²) in [5, 5.41) is 24.6. The number of esters is 1. The maximum Gasteiger partial charge on any atom is 0.338 e. The van der Waals surface area contributed by atoms with Crippen LogP contribution in [-0.4, -0.2) is 83.9 Å². The van der Waals surface area contributed by atoms with Gasteiger partial charge in [0.25, 0.3) is 0 Å². The van der Waals surface area contributed by atoms with Crippen LogP contribution in [0.5, 0.6) is 0 Å². The van der Waals surface area contributed by atoms with E-state index in [9.17, 15) is 19.8 Å². The van der Waals surface area contributed by atoms with Crippen LogP contribution < -0.4 is 5.32 Å². The van der Waals surface area contributed by atoms with E-state index in [-0.39, 0.29) is 19.1 Å². The standard InChI is InChI=1S/C50H85NO9/c1-5-7-9-11-13-15-17-19-21-23-25-27-32-36-42(57-48(55)40-34-30-29-31-35-40)41(39-56-49-45(54)47-46(43(38-52)58-49)59-50(3,4)60-47)51-44(53)37-33-28-26-24-22-20-18-16-14-12-10-8-6-2/h29-32,34-36,41-43,45-47,49,52,54H,5-28,33,37-39H2,1-4H3,(H,51,53)/b36-32+/t41-,42+,43+,45+,46-,47+,49-/m0/s1. The molecule has 2 aliphatic rings. The van der Waals surface area contributed by atoms with Gasteiger partial charge >= 0.3 is 5.97 Å². The number of ether oxygens (including phenoxy) is 5. The highest BCUT2D eigenvalue weighted by Gasteiger charge is 2.55. The molecule has 344 valence electrons. The Kier molecular flexibility index (Phi) is 27.3. The van der Waals surface area contributed by atoms with Crippen molar-refractivity contribution in [3.8, 4) is 0 Å². The van der Waals surface area contributed by atoms with Crippen LogP contribution in [0, 0.1) is 0 Å². The molecule has 10 nitrogen and oxygen atoms in total. The van der Waals surface area contributed by atoms with Crippen LogP contribution in [0.3, 0.4) is 0 Å². The minimum absolute atomic E-state index is 0.124.